The van der Waals surface area contributed by atoms with Gasteiger partial charge in [0.15, 0.2) is 0 Å². The minimum Gasteiger partial charge on any atom is -0.394 e. The van der Waals surface area contributed by atoms with Gasteiger partial charge in [0, 0.05) is 12.7 Å². The van der Waals surface area contributed by atoms with E-state index in [1.54, 1.807) is 27.8 Å². The molecule has 0 aliphatic carbocycles. The van der Waals surface area contributed by atoms with Crippen molar-refractivity contribution in [3.63, 3.8) is 0 Å². The van der Waals surface area contributed by atoms with Crippen LogP contribution in [0.5, 0.6) is 0 Å². The summed E-state index contributed by atoms with van der Waals surface area (Å²) in [5, 5.41) is 12.0. The number of nitrogens with one attached hydrogen (secondary N) is 1. The number of pyridine rings is 1. The molecular formula is C20H25N3O4. The minimum atomic E-state index is -0.409. The summed E-state index contributed by atoms with van der Waals surface area (Å²) in [5.41, 5.74) is 2.15. The highest BCUT2D eigenvalue weighted by atomic mass is 16.5. The summed E-state index contributed by atoms with van der Waals surface area (Å²) in [6.45, 7) is 4.84. The molecule has 2 unspecified atom stereocenters. The third kappa shape index (κ3) is 4.75. The van der Waals surface area contributed by atoms with Crippen LogP contribution in [0.3, 0.4) is 0 Å². The van der Waals surface area contributed by atoms with Gasteiger partial charge in [0.25, 0.3) is 5.56 Å². The van der Waals surface area contributed by atoms with Gasteiger partial charge in [-0.25, -0.2) is 4.79 Å². The molecular weight excluding hydrogens is 346 g/mol. The topological polar surface area (TPSA) is 83.8 Å². The van der Waals surface area contributed by atoms with Crippen molar-refractivity contribution in [1.29, 1.82) is 0 Å². The standard InChI is InChI=1S/C20H25N3O4/c1-14-5-7-16(8-6-14)11-22-9-3-4-18(19(22)25)21-20(26)23-10-15(2)27-17(12-23)13-24/h3-9,15,17,24H,10-13H2,1-2H3,(H,21,26). The van der Waals surface area contributed by atoms with Crippen LogP contribution >= 0.6 is 0 Å². The number of ether oxygens (including phenoxy) is 1. The fourth-order valence-electron chi connectivity index (χ4n) is 3.15. The maximum atomic E-state index is 12.7. The summed E-state index contributed by atoms with van der Waals surface area (Å²) in [5.74, 6) is 0. The number of carbonyl (C=O) groups is 1. The van der Waals surface area contributed by atoms with Crippen LogP contribution in [-0.2, 0) is 11.3 Å². The minimum absolute atomic E-state index is 0.150. The summed E-state index contributed by atoms with van der Waals surface area (Å²) in [6, 6.07) is 10.9. The lowest BCUT2D eigenvalue weighted by Gasteiger charge is -2.35. The van der Waals surface area contributed by atoms with Gasteiger partial charge >= 0.3 is 6.03 Å². The van der Waals surface area contributed by atoms with Crippen molar-refractivity contribution >= 4 is 11.7 Å². The predicted molar refractivity (Wildman–Crippen MR) is 103 cm³/mol. The number of rotatable bonds is 4. The Morgan fingerprint density at radius 1 is 1.26 bits per heavy atom. The lowest BCUT2D eigenvalue weighted by Crippen LogP contribution is -2.51. The first-order chi connectivity index (χ1) is 13.0. The van der Waals surface area contributed by atoms with Crippen LogP contribution in [0, 0.1) is 6.92 Å². The molecule has 1 aromatic heterocycles. The van der Waals surface area contributed by atoms with Gasteiger partial charge in [-0.3, -0.25) is 4.79 Å². The van der Waals surface area contributed by atoms with Gasteiger partial charge in [0.05, 0.1) is 31.9 Å². The van der Waals surface area contributed by atoms with E-state index in [1.807, 2.05) is 38.1 Å². The zero-order valence-corrected chi connectivity index (χ0v) is 15.6. The molecule has 2 heterocycles. The van der Waals surface area contributed by atoms with Crippen molar-refractivity contribution in [2.75, 3.05) is 25.0 Å². The molecule has 2 atom stereocenters. The van der Waals surface area contributed by atoms with E-state index in [9.17, 15) is 14.7 Å². The molecule has 2 N–H and O–H groups in total. The number of benzene rings is 1. The highest BCUT2D eigenvalue weighted by Crippen LogP contribution is 2.13. The molecule has 7 heteroatoms. The van der Waals surface area contributed by atoms with Crippen LogP contribution in [0.1, 0.15) is 18.1 Å². The number of aliphatic hydroxyl groups is 1. The first kappa shape index (κ1) is 19.1. The average molecular weight is 371 g/mol. The second kappa shape index (κ2) is 8.37. The van der Waals surface area contributed by atoms with Gasteiger partial charge in [-0.05, 0) is 31.5 Å². The zero-order valence-electron chi connectivity index (χ0n) is 15.6. The Hall–Kier alpha value is -2.64. The summed E-state index contributed by atoms with van der Waals surface area (Å²) in [7, 11) is 0. The number of nitrogens with zero attached hydrogens (tertiary/aromatic N) is 2. The van der Waals surface area contributed by atoms with Crippen LogP contribution in [0.4, 0.5) is 10.5 Å². The number of aliphatic hydroxyl groups excluding tert-OH is 1. The normalized spacial score (nSPS) is 19.7. The Kier molecular flexibility index (Phi) is 5.93. The molecule has 1 saturated heterocycles. The van der Waals surface area contributed by atoms with Gasteiger partial charge in [0.2, 0.25) is 0 Å². The predicted octanol–water partition coefficient (Wildman–Crippen LogP) is 1.82. The third-order valence-electron chi connectivity index (χ3n) is 4.55. The molecule has 3 rings (SSSR count). The molecule has 144 valence electrons. The summed E-state index contributed by atoms with van der Waals surface area (Å²) >= 11 is 0. The van der Waals surface area contributed by atoms with E-state index in [4.69, 9.17) is 4.74 Å². The van der Waals surface area contributed by atoms with Crippen LogP contribution < -0.4 is 10.9 Å². The van der Waals surface area contributed by atoms with Crippen molar-refractivity contribution in [2.24, 2.45) is 0 Å². The molecule has 2 amide bonds. The smallest absolute Gasteiger partial charge is 0.322 e. The van der Waals surface area contributed by atoms with Gasteiger partial charge < -0.3 is 24.6 Å². The lowest BCUT2D eigenvalue weighted by atomic mass is 10.1. The first-order valence-corrected chi connectivity index (χ1v) is 9.03. The van der Waals surface area contributed by atoms with Gasteiger partial charge in [-0.1, -0.05) is 29.8 Å². The summed E-state index contributed by atoms with van der Waals surface area (Å²) in [6.07, 6.45) is 1.13. The molecule has 1 aliphatic heterocycles. The van der Waals surface area contributed by atoms with Crippen LogP contribution in [0.25, 0.3) is 0 Å². The molecule has 7 nitrogen and oxygen atoms in total. The number of hydrogen-bond acceptors (Lipinski definition) is 4. The van der Waals surface area contributed by atoms with Crippen molar-refractivity contribution in [3.05, 3.63) is 64.1 Å². The molecule has 2 aromatic rings. The fraction of sp³-hybridized carbons (Fsp3) is 0.400. The molecule has 27 heavy (non-hydrogen) atoms. The number of morpholine rings is 1. The maximum absolute atomic E-state index is 12.7. The summed E-state index contributed by atoms with van der Waals surface area (Å²) < 4.78 is 7.11. The number of anilines is 1. The first-order valence-electron chi connectivity index (χ1n) is 9.03. The summed E-state index contributed by atoms with van der Waals surface area (Å²) in [4.78, 5) is 26.8. The number of urea groups is 1. The SMILES string of the molecule is Cc1ccc(Cn2cccc(NC(=O)N3CC(C)OC(CO)C3)c2=O)cc1. The molecule has 1 fully saturated rings. The van der Waals surface area contributed by atoms with Gasteiger partial charge in [-0.15, -0.1) is 0 Å². The highest BCUT2D eigenvalue weighted by molar-refractivity contribution is 5.89. The third-order valence-corrected chi connectivity index (χ3v) is 4.55. The van der Waals surface area contributed by atoms with E-state index < -0.39 is 6.10 Å². The maximum Gasteiger partial charge on any atom is 0.322 e. The van der Waals surface area contributed by atoms with Crippen molar-refractivity contribution < 1.29 is 14.6 Å². The van der Waals surface area contributed by atoms with Crippen LogP contribution in [-0.4, -0.2) is 52.5 Å². The van der Waals surface area contributed by atoms with Gasteiger partial charge in [0.1, 0.15) is 5.69 Å². The number of aromatic nitrogens is 1. The van der Waals surface area contributed by atoms with E-state index in [0.717, 1.165) is 11.1 Å². The molecule has 0 bridgehead atoms. The largest absolute Gasteiger partial charge is 0.394 e. The quantitative estimate of drug-likeness (QED) is 0.859. The van der Waals surface area contributed by atoms with E-state index in [1.165, 1.54) is 0 Å². The van der Waals surface area contributed by atoms with Crippen molar-refractivity contribution in [3.8, 4) is 0 Å². The number of carbonyl (C=O) groups excluding carboxylic acids is 1. The van der Waals surface area contributed by atoms with Crippen LogP contribution in [0.15, 0.2) is 47.4 Å². The Bertz CT molecular complexity index is 847. The fourth-order valence-corrected chi connectivity index (χ4v) is 3.15. The Balaban J connectivity index is 1.72. The molecule has 0 saturated carbocycles. The molecule has 0 spiro atoms. The average Bonchev–Trinajstić information content (AvgIpc) is 2.66. The highest BCUT2D eigenvalue weighted by Gasteiger charge is 2.28. The van der Waals surface area contributed by atoms with E-state index in [-0.39, 0.29) is 36.5 Å². The molecule has 0 radical (unpaired) electrons. The second-order valence-corrected chi connectivity index (χ2v) is 6.93. The van der Waals surface area contributed by atoms with Crippen LogP contribution in [0.2, 0.25) is 0 Å². The monoisotopic (exact) mass is 371 g/mol. The molecule has 1 aliphatic rings. The number of hydrogen-bond donors (Lipinski definition) is 2. The van der Waals surface area contributed by atoms with E-state index in [0.29, 0.717) is 13.1 Å². The van der Waals surface area contributed by atoms with Crippen molar-refractivity contribution in [2.45, 2.75) is 32.6 Å². The number of amides is 2. The second-order valence-electron chi connectivity index (χ2n) is 6.93. The Morgan fingerprint density at radius 3 is 2.70 bits per heavy atom. The lowest BCUT2D eigenvalue weighted by molar-refractivity contribution is -0.0822. The zero-order chi connectivity index (χ0) is 19.4. The Labute approximate surface area is 158 Å². The Morgan fingerprint density at radius 2 is 2.00 bits per heavy atom. The number of aryl methyl sites for hydroxylation is 1. The van der Waals surface area contributed by atoms with E-state index in [2.05, 4.69) is 5.32 Å². The molecule has 1 aromatic carbocycles. The van der Waals surface area contributed by atoms with Gasteiger partial charge in [-0.2, -0.15) is 0 Å². The van der Waals surface area contributed by atoms with E-state index >= 15 is 0 Å². The van der Waals surface area contributed by atoms with Crippen molar-refractivity contribution in [1.82, 2.24) is 9.47 Å².